The smallest absolute Gasteiger partial charge is 0.416 e. The van der Waals surface area contributed by atoms with Crippen molar-refractivity contribution in [1.82, 2.24) is 29.5 Å². The summed E-state index contributed by atoms with van der Waals surface area (Å²) in [4.78, 5) is 62.9. The second-order valence-corrected chi connectivity index (χ2v) is 12.2. The maximum Gasteiger partial charge on any atom is 0.416 e. The molecular formula is C32H33F3N8O6. The first kappa shape index (κ1) is 34.7. The second-order valence-electron chi connectivity index (χ2n) is 12.2. The Morgan fingerprint density at radius 1 is 1.06 bits per heavy atom. The van der Waals surface area contributed by atoms with Crippen molar-refractivity contribution in [3.63, 3.8) is 0 Å². The van der Waals surface area contributed by atoms with Gasteiger partial charge in [-0.15, -0.1) is 0 Å². The molecule has 1 N–H and O–H groups in total. The van der Waals surface area contributed by atoms with E-state index in [9.17, 15) is 32.3 Å². The molecule has 1 aliphatic rings. The number of ether oxygens (including phenoxy) is 1. The monoisotopic (exact) mass is 682 g/mol. The highest BCUT2D eigenvalue weighted by Crippen LogP contribution is 2.28. The summed E-state index contributed by atoms with van der Waals surface area (Å²) in [5.41, 5.74) is -0.126. The van der Waals surface area contributed by atoms with Crippen molar-refractivity contribution in [1.29, 1.82) is 0 Å². The zero-order valence-electron chi connectivity index (χ0n) is 27.0. The number of alkyl halides is 3. The largest absolute Gasteiger partial charge is 0.444 e. The summed E-state index contributed by atoms with van der Waals surface area (Å²) in [6.45, 7) is 5.11. The van der Waals surface area contributed by atoms with Crippen LogP contribution in [0.25, 0.3) is 17.1 Å². The lowest BCUT2D eigenvalue weighted by atomic mass is 10.2. The first-order valence-corrected chi connectivity index (χ1v) is 15.0. The number of hydrogen-bond acceptors (Lipinski definition) is 10. The van der Waals surface area contributed by atoms with Crippen molar-refractivity contribution < 1.29 is 41.5 Å². The lowest BCUT2D eigenvalue weighted by Gasteiger charge is -2.32. The van der Waals surface area contributed by atoms with Gasteiger partial charge in [0.15, 0.2) is 11.4 Å². The van der Waals surface area contributed by atoms with Crippen LogP contribution in [-0.2, 0) is 4.74 Å². The third-order valence-electron chi connectivity index (χ3n) is 7.21. The molecular weight excluding hydrogens is 649 g/mol. The average Bonchev–Trinajstić information content (AvgIpc) is 3.71. The van der Waals surface area contributed by atoms with Gasteiger partial charge in [0, 0.05) is 43.5 Å². The first-order valence-electron chi connectivity index (χ1n) is 15.0. The number of hydrogen-bond donors (Lipinski definition) is 1. The molecule has 49 heavy (non-hydrogen) atoms. The standard InChI is InChI=1S/C32H33F3N8O6/c1-31(2,3)49-30(47)42(19-32(33,34)35)25-15-21(9-10-36-25)28-38-24(18-48-28)27(45)37-23-16-43(22-7-5-20(17-44)6-8-22)39-26(23)29(46)41-13-11-40(4)12-14-41/h5-10,15-18H,11-14,19H2,1-4H3,(H,37,45). The van der Waals surface area contributed by atoms with Gasteiger partial charge in [0.1, 0.15) is 30.5 Å². The molecule has 1 aliphatic heterocycles. The van der Waals surface area contributed by atoms with E-state index in [1.807, 2.05) is 7.05 Å². The molecule has 17 heteroatoms. The van der Waals surface area contributed by atoms with Gasteiger partial charge >= 0.3 is 12.3 Å². The molecule has 1 aromatic carbocycles. The molecule has 0 saturated carbocycles. The number of halogens is 3. The van der Waals surface area contributed by atoms with Crippen molar-refractivity contribution >= 4 is 35.7 Å². The number of nitrogens with zero attached hydrogens (tertiary/aromatic N) is 7. The molecule has 3 aromatic heterocycles. The van der Waals surface area contributed by atoms with Gasteiger partial charge in [-0.25, -0.2) is 19.4 Å². The third kappa shape index (κ3) is 8.67. The maximum atomic E-state index is 13.6. The first-order chi connectivity index (χ1) is 23.1. The summed E-state index contributed by atoms with van der Waals surface area (Å²) in [5, 5.41) is 7.11. The van der Waals surface area contributed by atoms with Crippen LogP contribution in [0.1, 0.15) is 52.1 Å². The minimum atomic E-state index is -4.76. The predicted octanol–water partition coefficient (Wildman–Crippen LogP) is 4.68. The Morgan fingerprint density at radius 3 is 2.39 bits per heavy atom. The van der Waals surface area contributed by atoms with Gasteiger partial charge in [0.2, 0.25) is 5.89 Å². The van der Waals surface area contributed by atoms with E-state index in [-0.39, 0.29) is 34.3 Å². The average molecular weight is 683 g/mol. The number of anilines is 2. The molecule has 14 nitrogen and oxygen atoms in total. The molecule has 5 rings (SSSR count). The van der Waals surface area contributed by atoms with E-state index in [4.69, 9.17) is 9.15 Å². The fraction of sp³-hybridized carbons (Fsp3) is 0.344. The van der Waals surface area contributed by atoms with E-state index in [2.05, 4.69) is 25.3 Å². The van der Waals surface area contributed by atoms with Crippen LogP contribution in [0.4, 0.5) is 29.5 Å². The number of aromatic nitrogens is 4. The molecule has 0 unspecified atom stereocenters. The predicted molar refractivity (Wildman–Crippen MR) is 170 cm³/mol. The van der Waals surface area contributed by atoms with E-state index in [0.717, 1.165) is 18.5 Å². The van der Waals surface area contributed by atoms with Gasteiger partial charge < -0.3 is 24.3 Å². The van der Waals surface area contributed by atoms with Crippen LogP contribution < -0.4 is 10.2 Å². The Hall–Kier alpha value is -5.58. The van der Waals surface area contributed by atoms with Gasteiger partial charge in [-0.1, -0.05) is 0 Å². The zero-order valence-corrected chi connectivity index (χ0v) is 27.0. The number of amides is 3. The van der Waals surface area contributed by atoms with Crippen LogP contribution in [0.5, 0.6) is 0 Å². The fourth-order valence-corrected chi connectivity index (χ4v) is 4.75. The minimum absolute atomic E-state index is 0.0215. The lowest BCUT2D eigenvalue weighted by Crippen LogP contribution is -2.47. The Labute approximate surface area is 278 Å². The van der Waals surface area contributed by atoms with Gasteiger partial charge in [-0.2, -0.15) is 18.3 Å². The Morgan fingerprint density at radius 2 is 1.76 bits per heavy atom. The second kappa shape index (κ2) is 13.9. The normalized spacial score (nSPS) is 14.0. The summed E-state index contributed by atoms with van der Waals surface area (Å²) in [6, 6.07) is 8.97. The Balaban J connectivity index is 1.41. The highest BCUT2D eigenvalue weighted by molar-refractivity contribution is 6.07. The number of carbonyl (C=O) groups is 4. The zero-order chi connectivity index (χ0) is 35.5. The van der Waals surface area contributed by atoms with Crippen LogP contribution in [0.3, 0.4) is 0 Å². The summed E-state index contributed by atoms with van der Waals surface area (Å²) < 4.78 is 52.3. The molecule has 1 fully saturated rings. The van der Waals surface area contributed by atoms with E-state index in [0.29, 0.717) is 48.6 Å². The molecule has 4 heterocycles. The van der Waals surface area contributed by atoms with E-state index >= 15 is 0 Å². The molecule has 0 aliphatic carbocycles. The molecule has 4 aromatic rings. The lowest BCUT2D eigenvalue weighted by molar-refractivity contribution is -0.119. The molecule has 3 amide bonds. The number of aldehydes is 1. The molecule has 0 atom stereocenters. The van der Waals surface area contributed by atoms with Crippen LogP contribution in [0.15, 0.2) is 59.5 Å². The number of likely N-dealkylation sites (N-methyl/N-ethyl adjacent to an activating group) is 1. The number of oxazole rings is 1. The summed E-state index contributed by atoms with van der Waals surface area (Å²) in [5.74, 6) is -1.69. The number of rotatable bonds is 8. The van der Waals surface area contributed by atoms with Crippen LogP contribution in [-0.4, -0.2) is 105 Å². The third-order valence-corrected chi connectivity index (χ3v) is 7.21. The number of carbonyl (C=O) groups excluding carboxylic acids is 4. The van der Waals surface area contributed by atoms with Gasteiger partial charge in [-0.05, 0) is 64.2 Å². The number of benzene rings is 1. The highest BCUT2D eigenvalue weighted by atomic mass is 19.4. The van der Waals surface area contributed by atoms with Crippen LogP contribution >= 0.6 is 0 Å². The highest BCUT2D eigenvalue weighted by Gasteiger charge is 2.37. The van der Waals surface area contributed by atoms with Crippen LogP contribution in [0.2, 0.25) is 0 Å². The van der Waals surface area contributed by atoms with Crippen molar-refractivity contribution in [2.45, 2.75) is 32.5 Å². The van der Waals surface area contributed by atoms with Crippen molar-refractivity contribution in [3.05, 3.63) is 72.0 Å². The van der Waals surface area contributed by atoms with Gasteiger partial charge in [0.25, 0.3) is 11.8 Å². The quantitative estimate of drug-likeness (QED) is 0.259. The molecule has 0 spiro atoms. The van der Waals surface area contributed by atoms with E-state index < -0.39 is 36.2 Å². The molecule has 0 bridgehead atoms. The van der Waals surface area contributed by atoms with E-state index in [1.54, 1.807) is 29.2 Å². The summed E-state index contributed by atoms with van der Waals surface area (Å²) in [7, 11) is 1.95. The fourth-order valence-electron chi connectivity index (χ4n) is 4.75. The number of piperazine rings is 1. The topological polar surface area (TPSA) is 156 Å². The van der Waals surface area contributed by atoms with Gasteiger partial charge in [-0.3, -0.25) is 19.3 Å². The van der Waals surface area contributed by atoms with E-state index in [1.165, 1.54) is 37.7 Å². The summed E-state index contributed by atoms with van der Waals surface area (Å²) >= 11 is 0. The Kier molecular flexibility index (Phi) is 9.84. The van der Waals surface area contributed by atoms with Gasteiger partial charge in [0.05, 0.1) is 17.6 Å². The van der Waals surface area contributed by atoms with Crippen molar-refractivity contribution in [2.24, 2.45) is 0 Å². The Bertz CT molecular complexity index is 1840. The summed E-state index contributed by atoms with van der Waals surface area (Å²) in [6.07, 6.45) is -1.67. The van der Waals surface area contributed by atoms with Crippen molar-refractivity contribution in [3.8, 4) is 17.1 Å². The maximum absolute atomic E-state index is 13.6. The molecule has 0 radical (unpaired) electrons. The molecule has 258 valence electrons. The SMILES string of the molecule is CN1CCN(C(=O)c2nn(-c3ccc(C=O)cc3)cc2NC(=O)c2coc(-c3ccnc(N(CC(F)(F)F)C(=O)OC(C)(C)C)c3)n2)CC1. The number of pyridine rings is 1. The van der Waals surface area contributed by atoms with Crippen LogP contribution in [0, 0.1) is 0 Å². The van der Waals surface area contributed by atoms with Crippen molar-refractivity contribution in [2.75, 3.05) is 50.0 Å². The minimum Gasteiger partial charge on any atom is -0.444 e. The number of nitrogens with one attached hydrogen (secondary N) is 1. The molecule has 1 saturated heterocycles.